The molecule has 0 N–H and O–H groups in total. The van der Waals surface area contributed by atoms with Gasteiger partial charge in [0.25, 0.3) is 0 Å². The zero-order chi connectivity index (χ0) is 16.4. The van der Waals surface area contributed by atoms with Crippen LogP contribution in [0.1, 0.15) is 19.9 Å². The third-order valence-electron chi connectivity index (χ3n) is 3.17. The average molecular weight is 457 g/mol. The van der Waals surface area contributed by atoms with E-state index in [0.717, 1.165) is 19.7 Å². The van der Waals surface area contributed by atoms with Crippen LogP contribution >= 0.6 is 46.0 Å². The normalized spacial score (nSPS) is 11.2. The molecule has 0 amide bonds. The minimum atomic E-state index is 0.320. The van der Waals surface area contributed by atoms with Crippen molar-refractivity contribution in [3.8, 4) is 11.3 Å². The largest absolute Gasteiger partial charge is 0.270 e. The van der Waals surface area contributed by atoms with E-state index in [0.29, 0.717) is 16.2 Å². The number of halogens is 2. The molecule has 23 heavy (non-hydrogen) atoms. The molecule has 0 fully saturated rings. The van der Waals surface area contributed by atoms with Crippen LogP contribution in [0.3, 0.4) is 0 Å². The van der Waals surface area contributed by atoms with Gasteiger partial charge >= 0.3 is 0 Å². The summed E-state index contributed by atoms with van der Waals surface area (Å²) >= 11 is 10.2. The molecular formula is C16H14ClIN4S. The Labute approximate surface area is 157 Å². The molecule has 1 aromatic carbocycles. The molecule has 0 spiro atoms. The minimum absolute atomic E-state index is 0.320. The number of benzene rings is 1. The fourth-order valence-electron chi connectivity index (χ4n) is 2.01. The van der Waals surface area contributed by atoms with Gasteiger partial charge in [0.2, 0.25) is 0 Å². The van der Waals surface area contributed by atoms with Crippen LogP contribution in [0.15, 0.2) is 52.9 Å². The Kier molecular flexibility index (Phi) is 5.23. The van der Waals surface area contributed by atoms with Crippen LogP contribution in [0.25, 0.3) is 11.3 Å². The van der Waals surface area contributed by atoms with Crippen LogP contribution in [0.2, 0.25) is 5.02 Å². The van der Waals surface area contributed by atoms with Gasteiger partial charge in [0.15, 0.2) is 5.16 Å². The van der Waals surface area contributed by atoms with Crippen LogP contribution in [-0.2, 0) is 0 Å². The van der Waals surface area contributed by atoms with Gasteiger partial charge in [0.05, 0.1) is 10.7 Å². The van der Waals surface area contributed by atoms with E-state index in [1.54, 1.807) is 12.4 Å². The first-order valence-corrected chi connectivity index (χ1v) is 9.31. The van der Waals surface area contributed by atoms with Crippen molar-refractivity contribution in [1.82, 2.24) is 19.7 Å². The first kappa shape index (κ1) is 16.7. The molecule has 0 aliphatic heterocycles. The molecule has 0 saturated heterocycles. The van der Waals surface area contributed by atoms with Crippen molar-refractivity contribution in [3.63, 3.8) is 0 Å². The SMILES string of the molecule is CC(C)n1ccc(-c2cccc(Sc3ncc(I)cn3)c2Cl)n1. The summed E-state index contributed by atoms with van der Waals surface area (Å²) < 4.78 is 2.93. The van der Waals surface area contributed by atoms with E-state index in [2.05, 4.69) is 51.5 Å². The summed E-state index contributed by atoms with van der Waals surface area (Å²) in [5.74, 6) is 0. The van der Waals surface area contributed by atoms with Crippen LogP contribution in [0.4, 0.5) is 0 Å². The van der Waals surface area contributed by atoms with Crippen LogP contribution < -0.4 is 0 Å². The molecule has 2 aromatic heterocycles. The van der Waals surface area contributed by atoms with Gasteiger partial charge in [-0.1, -0.05) is 23.7 Å². The van der Waals surface area contributed by atoms with E-state index in [1.807, 2.05) is 35.1 Å². The summed E-state index contributed by atoms with van der Waals surface area (Å²) in [6, 6.07) is 8.23. The second-order valence-corrected chi connectivity index (χ2v) is 7.81. The quantitative estimate of drug-likeness (QED) is 0.393. The molecule has 4 nitrogen and oxygen atoms in total. The van der Waals surface area contributed by atoms with E-state index in [-0.39, 0.29) is 0 Å². The maximum atomic E-state index is 6.59. The lowest BCUT2D eigenvalue weighted by Gasteiger charge is -2.08. The molecule has 0 atom stereocenters. The Morgan fingerprint density at radius 2 is 1.91 bits per heavy atom. The predicted molar refractivity (Wildman–Crippen MR) is 102 cm³/mol. The van der Waals surface area contributed by atoms with Crippen molar-refractivity contribution >= 4 is 46.0 Å². The van der Waals surface area contributed by atoms with Crippen molar-refractivity contribution in [2.75, 3.05) is 0 Å². The minimum Gasteiger partial charge on any atom is -0.270 e. The second kappa shape index (κ2) is 7.19. The van der Waals surface area contributed by atoms with E-state index in [1.165, 1.54) is 11.8 Å². The lowest BCUT2D eigenvalue weighted by Crippen LogP contribution is -2.00. The van der Waals surface area contributed by atoms with Gasteiger partial charge in [0, 0.05) is 38.7 Å². The van der Waals surface area contributed by atoms with Gasteiger partial charge in [0.1, 0.15) is 0 Å². The summed E-state index contributed by atoms with van der Waals surface area (Å²) in [5, 5.41) is 5.94. The zero-order valence-corrected chi connectivity index (χ0v) is 16.3. The summed E-state index contributed by atoms with van der Waals surface area (Å²) in [6.45, 7) is 4.19. The Hall–Kier alpha value is -1.12. The number of hydrogen-bond acceptors (Lipinski definition) is 4. The zero-order valence-electron chi connectivity index (χ0n) is 12.6. The van der Waals surface area contributed by atoms with Crippen molar-refractivity contribution in [3.05, 3.63) is 51.4 Å². The Morgan fingerprint density at radius 3 is 2.57 bits per heavy atom. The number of rotatable bonds is 4. The van der Waals surface area contributed by atoms with E-state index >= 15 is 0 Å². The van der Waals surface area contributed by atoms with Gasteiger partial charge < -0.3 is 0 Å². The summed E-state index contributed by atoms with van der Waals surface area (Å²) in [5.41, 5.74) is 1.79. The highest BCUT2D eigenvalue weighted by Crippen LogP contribution is 2.37. The predicted octanol–water partition coefficient (Wildman–Crippen LogP) is 5.33. The first-order valence-electron chi connectivity index (χ1n) is 7.04. The molecule has 118 valence electrons. The van der Waals surface area contributed by atoms with Gasteiger partial charge in [-0.2, -0.15) is 5.10 Å². The van der Waals surface area contributed by atoms with Crippen molar-refractivity contribution in [1.29, 1.82) is 0 Å². The van der Waals surface area contributed by atoms with Gasteiger partial charge in [-0.15, -0.1) is 0 Å². The van der Waals surface area contributed by atoms with Crippen molar-refractivity contribution in [2.24, 2.45) is 0 Å². The fourth-order valence-corrected chi connectivity index (χ4v) is 3.38. The molecule has 3 aromatic rings. The van der Waals surface area contributed by atoms with Crippen molar-refractivity contribution < 1.29 is 0 Å². The third-order valence-corrected chi connectivity index (χ3v) is 5.20. The molecule has 3 rings (SSSR count). The van der Waals surface area contributed by atoms with Gasteiger partial charge in [-0.3, -0.25) is 4.68 Å². The standard InChI is InChI=1S/C16H14ClIN4S/c1-10(2)22-7-6-13(21-22)12-4-3-5-14(15(12)17)23-16-19-8-11(18)9-20-16/h3-10H,1-2H3. The van der Waals surface area contributed by atoms with E-state index in [4.69, 9.17) is 11.6 Å². The fraction of sp³-hybridized carbons (Fsp3) is 0.188. The molecule has 0 saturated carbocycles. The van der Waals surface area contributed by atoms with Crippen LogP contribution in [0, 0.1) is 3.57 Å². The highest BCUT2D eigenvalue weighted by molar-refractivity contribution is 14.1. The highest BCUT2D eigenvalue weighted by Gasteiger charge is 2.13. The molecule has 7 heteroatoms. The van der Waals surface area contributed by atoms with Crippen LogP contribution in [0.5, 0.6) is 0 Å². The molecule has 0 aliphatic rings. The lowest BCUT2D eigenvalue weighted by molar-refractivity contribution is 0.534. The monoisotopic (exact) mass is 456 g/mol. The summed E-state index contributed by atoms with van der Waals surface area (Å²) in [6.07, 6.45) is 5.55. The van der Waals surface area contributed by atoms with Crippen molar-refractivity contribution in [2.45, 2.75) is 29.9 Å². The lowest BCUT2D eigenvalue weighted by atomic mass is 10.1. The van der Waals surface area contributed by atoms with Crippen LogP contribution in [-0.4, -0.2) is 19.7 Å². The molecule has 0 bridgehead atoms. The number of aromatic nitrogens is 4. The molecule has 0 aliphatic carbocycles. The smallest absolute Gasteiger partial charge is 0.192 e. The van der Waals surface area contributed by atoms with E-state index in [9.17, 15) is 0 Å². The summed E-state index contributed by atoms with van der Waals surface area (Å²) in [4.78, 5) is 9.54. The van der Waals surface area contributed by atoms with Gasteiger partial charge in [-0.25, -0.2) is 9.97 Å². The topological polar surface area (TPSA) is 43.6 Å². The second-order valence-electron chi connectivity index (χ2n) is 5.18. The maximum absolute atomic E-state index is 6.59. The Balaban J connectivity index is 1.92. The Bertz CT molecular complexity index is 817. The highest BCUT2D eigenvalue weighted by atomic mass is 127. The molecule has 0 radical (unpaired) electrons. The molecular weight excluding hydrogens is 443 g/mol. The average Bonchev–Trinajstić information content (AvgIpc) is 3.01. The van der Waals surface area contributed by atoms with Gasteiger partial charge in [-0.05, 0) is 60.3 Å². The third kappa shape index (κ3) is 3.87. The molecule has 2 heterocycles. The number of hydrogen-bond donors (Lipinski definition) is 0. The maximum Gasteiger partial charge on any atom is 0.192 e. The first-order chi connectivity index (χ1) is 11.0. The molecule has 0 unspecified atom stereocenters. The van der Waals surface area contributed by atoms with E-state index < -0.39 is 0 Å². The Morgan fingerprint density at radius 1 is 1.17 bits per heavy atom. The number of nitrogens with zero attached hydrogens (tertiary/aromatic N) is 4. The summed E-state index contributed by atoms with van der Waals surface area (Å²) in [7, 11) is 0.